The monoisotopic (exact) mass is 301 g/mol. The third-order valence-corrected chi connectivity index (χ3v) is 4.73. The van der Waals surface area contributed by atoms with Gasteiger partial charge in [0.1, 0.15) is 13.2 Å². The maximum absolute atomic E-state index is 12.2. The van der Waals surface area contributed by atoms with Crippen molar-refractivity contribution >= 4 is 7.75 Å². The van der Waals surface area contributed by atoms with Gasteiger partial charge in [-0.15, -0.1) is 0 Å². The van der Waals surface area contributed by atoms with E-state index in [1.54, 1.807) is 25.4 Å². The zero-order chi connectivity index (χ0) is 14.6. The summed E-state index contributed by atoms with van der Waals surface area (Å²) in [6.07, 6.45) is 3.50. The van der Waals surface area contributed by atoms with Gasteiger partial charge >= 0.3 is 7.75 Å². The number of rotatable bonds is 5. The number of nitro groups is 1. The first kappa shape index (κ1) is 15.1. The highest BCUT2D eigenvalue weighted by Crippen LogP contribution is 2.49. The molecule has 2 rings (SSSR count). The van der Waals surface area contributed by atoms with Crippen molar-refractivity contribution in [3.63, 3.8) is 0 Å². The van der Waals surface area contributed by atoms with E-state index in [1.807, 2.05) is 6.07 Å². The summed E-state index contributed by atoms with van der Waals surface area (Å²) in [5, 5.41) is 13.7. The van der Waals surface area contributed by atoms with Crippen LogP contribution in [0.5, 0.6) is 0 Å². The van der Waals surface area contributed by atoms with Crippen LogP contribution in [0, 0.1) is 10.1 Å². The Morgan fingerprint density at radius 3 is 2.75 bits per heavy atom. The highest BCUT2D eigenvalue weighted by Gasteiger charge is 2.50. The molecule has 1 N–H and O–H groups in total. The van der Waals surface area contributed by atoms with E-state index in [2.05, 4.69) is 10.1 Å². The second-order valence-electron chi connectivity index (χ2n) is 4.58. The minimum Gasteiger partial charge on any atom is -0.289 e. The van der Waals surface area contributed by atoms with Crippen LogP contribution >= 0.6 is 7.75 Å². The van der Waals surface area contributed by atoms with Crippen molar-refractivity contribution in [1.29, 1.82) is 0 Å². The average Bonchev–Trinajstić information content (AvgIpc) is 2.47. The largest absolute Gasteiger partial charge is 0.406 e. The topological polar surface area (TPSA) is 104 Å². The number of hydrogen-bond acceptors (Lipinski definition) is 6. The van der Waals surface area contributed by atoms with Crippen LogP contribution in [-0.4, -0.2) is 28.7 Å². The predicted octanol–water partition coefficient (Wildman–Crippen LogP) is 1.75. The molecule has 1 saturated heterocycles. The summed E-state index contributed by atoms with van der Waals surface area (Å²) in [6, 6.07) is 3.56. The molecular formula is C11H16N3O5P. The van der Waals surface area contributed by atoms with Crippen molar-refractivity contribution < 1.29 is 18.5 Å². The lowest BCUT2D eigenvalue weighted by atomic mass is 10.0. The fourth-order valence-electron chi connectivity index (χ4n) is 1.71. The van der Waals surface area contributed by atoms with Crippen LogP contribution in [0.25, 0.3) is 0 Å². The van der Waals surface area contributed by atoms with Crippen LogP contribution in [0.1, 0.15) is 18.9 Å². The summed E-state index contributed by atoms with van der Waals surface area (Å²) in [5.74, 6) is 0. The lowest BCUT2D eigenvalue weighted by Gasteiger charge is -2.32. The van der Waals surface area contributed by atoms with E-state index in [0.29, 0.717) is 0 Å². The SMILES string of the molecule is CCC1([N+](=O)[O-])COP(=O)(NCc2cccnc2)OC1. The Bertz CT molecular complexity index is 512. The van der Waals surface area contributed by atoms with E-state index in [1.165, 1.54) is 0 Å². The van der Waals surface area contributed by atoms with E-state index in [9.17, 15) is 14.7 Å². The summed E-state index contributed by atoms with van der Waals surface area (Å²) in [7, 11) is -3.49. The maximum atomic E-state index is 12.2. The summed E-state index contributed by atoms with van der Waals surface area (Å²) >= 11 is 0. The summed E-state index contributed by atoms with van der Waals surface area (Å²) in [5.41, 5.74) is -0.499. The first-order chi connectivity index (χ1) is 9.50. The van der Waals surface area contributed by atoms with Crippen molar-refractivity contribution in [3.05, 3.63) is 40.2 Å². The Morgan fingerprint density at radius 1 is 1.55 bits per heavy atom. The van der Waals surface area contributed by atoms with Gasteiger partial charge in [0.15, 0.2) is 0 Å². The fourth-order valence-corrected chi connectivity index (χ4v) is 3.16. The molecular weight excluding hydrogens is 285 g/mol. The Kier molecular flexibility index (Phi) is 4.49. The van der Waals surface area contributed by atoms with Crippen molar-refractivity contribution in [2.75, 3.05) is 13.2 Å². The quantitative estimate of drug-likeness (QED) is 0.502. The number of nitrogens with zero attached hydrogens (tertiary/aromatic N) is 2. The van der Waals surface area contributed by atoms with E-state index in [4.69, 9.17) is 9.05 Å². The van der Waals surface area contributed by atoms with Gasteiger partial charge in [-0.25, -0.2) is 9.65 Å². The molecule has 1 aliphatic rings. The maximum Gasteiger partial charge on any atom is 0.406 e. The van der Waals surface area contributed by atoms with Gasteiger partial charge in [-0.3, -0.25) is 24.1 Å². The number of aromatic nitrogens is 1. The molecule has 2 heterocycles. The molecule has 0 radical (unpaired) electrons. The predicted molar refractivity (Wildman–Crippen MR) is 70.6 cm³/mol. The second kappa shape index (κ2) is 5.97. The first-order valence-corrected chi connectivity index (χ1v) is 7.72. The van der Waals surface area contributed by atoms with E-state index >= 15 is 0 Å². The highest BCUT2D eigenvalue weighted by molar-refractivity contribution is 7.51. The van der Waals surface area contributed by atoms with Crippen LogP contribution < -0.4 is 5.09 Å². The third kappa shape index (κ3) is 3.21. The van der Waals surface area contributed by atoms with Crippen LogP contribution in [0.15, 0.2) is 24.5 Å². The Hall–Kier alpha value is -1.34. The van der Waals surface area contributed by atoms with E-state index in [-0.39, 0.29) is 26.2 Å². The second-order valence-corrected chi connectivity index (χ2v) is 6.40. The minimum atomic E-state index is -3.49. The van der Waals surface area contributed by atoms with Gasteiger partial charge < -0.3 is 0 Å². The molecule has 1 aromatic heterocycles. The van der Waals surface area contributed by atoms with Gasteiger partial charge in [0.25, 0.3) is 5.54 Å². The molecule has 0 aromatic carbocycles. The van der Waals surface area contributed by atoms with Crippen LogP contribution in [0.2, 0.25) is 0 Å². The van der Waals surface area contributed by atoms with Crippen molar-refractivity contribution in [2.45, 2.75) is 25.4 Å². The minimum absolute atomic E-state index is 0.228. The molecule has 1 aliphatic heterocycles. The van der Waals surface area contributed by atoms with Gasteiger partial charge in [0.2, 0.25) is 0 Å². The van der Waals surface area contributed by atoms with Crippen LogP contribution in [0.3, 0.4) is 0 Å². The summed E-state index contributed by atoms with van der Waals surface area (Å²) < 4.78 is 22.5. The molecule has 0 unspecified atom stereocenters. The van der Waals surface area contributed by atoms with Gasteiger partial charge in [0.05, 0.1) is 0 Å². The summed E-state index contributed by atoms with van der Waals surface area (Å²) in [6.45, 7) is 1.47. The lowest BCUT2D eigenvalue weighted by Crippen LogP contribution is -2.49. The number of pyridine rings is 1. The molecule has 0 atom stereocenters. The molecule has 0 bridgehead atoms. The molecule has 20 heavy (non-hydrogen) atoms. The van der Waals surface area contributed by atoms with Crippen LogP contribution in [0.4, 0.5) is 0 Å². The molecule has 1 aromatic rings. The molecule has 0 saturated carbocycles. The van der Waals surface area contributed by atoms with Crippen LogP contribution in [-0.2, 0) is 20.2 Å². The number of hydrogen-bond donors (Lipinski definition) is 1. The van der Waals surface area contributed by atoms with E-state index in [0.717, 1.165) is 5.56 Å². The molecule has 1 fully saturated rings. The molecule has 110 valence electrons. The van der Waals surface area contributed by atoms with Gasteiger partial charge in [-0.2, -0.15) is 0 Å². The summed E-state index contributed by atoms with van der Waals surface area (Å²) in [4.78, 5) is 14.5. The first-order valence-electron chi connectivity index (χ1n) is 6.17. The molecule has 0 amide bonds. The average molecular weight is 301 g/mol. The van der Waals surface area contributed by atoms with Gasteiger partial charge in [-0.1, -0.05) is 13.0 Å². The Labute approximate surface area is 116 Å². The van der Waals surface area contributed by atoms with Crippen molar-refractivity contribution in [1.82, 2.24) is 10.1 Å². The standard InChI is InChI=1S/C11H16N3O5P/c1-2-11(14(15)16)8-18-20(17,19-9-11)13-7-10-4-3-5-12-6-10/h3-6H,2,7-9H2,1H3,(H,13,17). The molecule has 0 spiro atoms. The van der Waals surface area contributed by atoms with E-state index < -0.39 is 18.2 Å². The molecule has 9 heteroatoms. The zero-order valence-corrected chi connectivity index (χ0v) is 11.9. The molecule has 8 nitrogen and oxygen atoms in total. The lowest BCUT2D eigenvalue weighted by molar-refractivity contribution is -0.578. The number of nitrogens with one attached hydrogen (secondary N) is 1. The van der Waals surface area contributed by atoms with Gasteiger partial charge in [-0.05, 0) is 11.6 Å². The molecule has 0 aliphatic carbocycles. The third-order valence-electron chi connectivity index (χ3n) is 3.25. The van der Waals surface area contributed by atoms with Crippen molar-refractivity contribution in [3.8, 4) is 0 Å². The Morgan fingerprint density at radius 2 is 2.25 bits per heavy atom. The smallest absolute Gasteiger partial charge is 0.289 e. The normalized spacial score (nSPS) is 30.1. The zero-order valence-electron chi connectivity index (χ0n) is 11.0. The van der Waals surface area contributed by atoms with Gasteiger partial charge in [0, 0.05) is 30.3 Å². The highest BCUT2D eigenvalue weighted by atomic mass is 31.2. The fraction of sp³-hybridized carbons (Fsp3) is 0.545. The Balaban J connectivity index is 1.95. The van der Waals surface area contributed by atoms with Crippen molar-refractivity contribution in [2.24, 2.45) is 0 Å².